The molecule has 1 saturated heterocycles. The molecule has 0 bridgehead atoms. The predicted octanol–water partition coefficient (Wildman–Crippen LogP) is 1.02. The summed E-state index contributed by atoms with van der Waals surface area (Å²) in [5.41, 5.74) is 0. The van der Waals surface area contributed by atoms with E-state index in [1.807, 2.05) is 0 Å². The van der Waals surface area contributed by atoms with Gasteiger partial charge in [-0.15, -0.1) is 0 Å². The summed E-state index contributed by atoms with van der Waals surface area (Å²) in [7, 11) is 0. The number of thiol groups is 1. The van der Waals surface area contributed by atoms with E-state index in [9.17, 15) is 5.21 Å². The second kappa shape index (κ2) is 2.90. The Hall–Kier alpha value is 0.270. The third-order valence-corrected chi connectivity index (χ3v) is 2.09. The van der Waals surface area contributed by atoms with Crippen LogP contribution in [0.3, 0.4) is 0 Å². The number of rotatable bonds is 2. The van der Waals surface area contributed by atoms with E-state index in [2.05, 4.69) is 12.6 Å². The fraction of sp³-hybridized carbons (Fsp3) is 1.00. The molecule has 1 aliphatic rings. The first kappa shape index (κ1) is 7.38. The molecule has 0 radical (unpaired) electrons. The maximum Gasteiger partial charge on any atom is 0.0873 e. The van der Waals surface area contributed by atoms with Crippen LogP contribution in [0.4, 0.5) is 0 Å². The summed E-state index contributed by atoms with van der Waals surface area (Å²) >= 11 is 4.03. The molecule has 0 amide bonds. The lowest BCUT2D eigenvalue weighted by molar-refractivity contribution is -0.865. The van der Waals surface area contributed by atoms with Gasteiger partial charge < -0.3 is 9.85 Å². The molecule has 1 heterocycles. The van der Waals surface area contributed by atoms with Gasteiger partial charge in [-0.1, -0.05) is 0 Å². The summed E-state index contributed by atoms with van der Waals surface area (Å²) in [6.45, 7) is 2.34. The van der Waals surface area contributed by atoms with Crippen molar-refractivity contribution >= 4 is 12.6 Å². The van der Waals surface area contributed by atoms with Gasteiger partial charge >= 0.3 is 0 Å². The molecular weight excluding hydrogens is 134 g/mol. The summed E-state index contributed by atoms with van der Waals surface area (Å²) in [6.07, 6.45) is 2.22. The third-order valence-electron chi connectivity index (χ3n) is 1.89. The number of likely N-dealkylation sites (tertiary alicyclic amines) is 1. The number of hydroxylamine groups is 3. The van der Waals surface area contributed by atoms with Gasteiger partial charge in [0.15, 0.2) is 0 Å². The molecule has 1 aliphatic heterocycles. The molecule has 0 aromatic rings. The average Bonchev–Trinajstić information content (AvgIpc) is 2.16. The predicted molar refractivity (Wildman–Crippen MR) is 41.3 cm³/mol. The summed E-state index contributed by atoms with van der Waals surface area (Å²) in [4.78, 5) is 0. The lowest BCUT2D eigenvalue weighted by Gasteiger charge is -2.37. The van der Waals surface area contributed by atoms with Crippen molar-refractivity contribution < 1.29 is 4.65 Å². The van der Waals surface area contributed by atoms with Crippen LogP contribution >= 0.6 is 12.6 Å². The summed E-state index contributed by atoms with van der Waals surface area (Å²) in [6, 6.07) is 0. The Morgan fingerprint density at radius 2 is 1.89 bits per heavy atom. The highest BCUT2D eigenvalue weighted by atomic mass is 32.1. The minimum absolute atomic E-state index is 0.0174. The molecule has 0 aromatic heterocycles. The van der Waals surface area contributed by atoms with Crippen LogP contribution in [0.5, 0.6) is 0 Å². The monoisotopic (exact) mass is 147 g/mol. The van der Waals surface area contributed by atoms with Gasteiger partial charge in [-0.05, 0) is 0 Å². The highest BCUT2D eigenvalue weighted by molar-refractivity contribution is 7.80. The second-order valence-corrected chi connectivity index (χ2v) is 3.11. The van der Waals surface area contributed by atoms with Crippen molar-refractivity contribution in [3.05, 3.63) is 5.21 Å². The van der Waals surface area contributed by atoms with Crippen LogP contribution in [0.25, 0.3) is 0 Å². The molecule has 3 heteroatoms. The molecule has 0 saturated carbocycles. The van der Waals surface area contributed by atoms with Gasteiger partial charge in [0.1, 0.15) is 0 Å². The first-order valence-electron chi connectivity index (χ1n) is 3.45. The topological polar surface area (TPSA) is 23.1 Å². The highest BCUT2D eigenvalue weighted by Crippen LogP contribution is 2.16. The number of nitrogens with zero attached hydrogens (tertiary/aromatic N) is 1. The molecule has 0 unspecified atom stereocenters. The largest absolute Gasteiger partial charge is 0.633 e. The van der Waals surface area contributed by atoms with Gasteiger partial charge in [-0.3, -0.25) is 0 Å². The van der Waals surface area contributed by atoms with E-state index in [1.165, 1.54) is 0 Å². The number of quaternary nitrogens is 1. The Morgan fingerprint density at radius 1 is 1.33 bits per heavy atom. The van der Waals surface area contributed by atoms with Crippen molar-refractivity contribution in [3.8, 4) is 0 Å². The summed E-state index contributed by atoms with van der Waals surface area (Å²) < 4.78 is 0.0174. The maximum atomic E-state index is 11.4. The van der Waals surface area contributed by atoms with Gasteiger partial charge in [-0.25, -0.2) is 0 Å². The smallest absolute Gasteiger partial charge is 0.0873 e. The van der Waals surface area contributed by atoms with Crippen molar-refractivity contribution in [3.63, 3.8) is 0 Å². The highest BCUT2D eigenvalue weighted by Gasteiger charge is 2.20. The third kappa shape index (κ3) is 1.85. The molecule has 54 valence electrons. The number of hydrogen-bond acceptors (Lipinski definition) is 2. The van der Waals surface area contributed by atoms with E-state index < -0.39 is 0 Å². The van der Waals surface area contributed by atoms with Gasteiger partial charge in [-0.2, -0.15) is 12.6 Å². The van der Waals surface area contributed by atoms with Crippen LogP contribution < -0.4 is 0 Å². The van der Waals surface area contributed by atoms with Gasteiger partial charge in [0.2, 0.25) is 0 Å². The average molecular weight is 147 g/mol. The molecule has 0 aromatic carbocycles. The lowest BCUT2D eigenvalue weighted by atomic mass is 10.4. The zero-order valence-electron chi connectivity index (χ0n) is 5.55. The van der Waals surface area contributed by atoms with Gasteiger partial charge in [0, 0.05) is 18.6 Å². The molecule has 0 aliphatic carbocycles. The van der Waals surface area contributed by atoms with Crippen LogP contribution in [0.1, 0.15) is 12.8 Å². The van der Waals surface area contributed by atoms with Crippen molar-refractivity contribution in [2.75, 3.05) is 25.4 Å². The SMILES string of the molecule is [O-][N+]1(CCS)CCCC1. The molecule has 0 spiro atoms. The van der Waals surface area contributed by atoms with Crippen LogP contribution in [0, 0.1) is 5.21 Å². The van der Waals surface area contributed by atoms with Crippen molar-refractivity contribution in [2.24, 2.45) is 0 Å². The molecule has 2 nitrogen and oxygen atoms in total. The normalized spacial score (nSPS) is 24.7. The zero-order chi connectivity index (χ0) is 6.74. The lowest BCUT2D eigenvalue weighted by Crippen LogP contribution is -2.40. The van der Waals surface area contributed by atoms with Crippen molar-refractivity contribution in [1.29, 1.82) is 0 Å². The van der Waals surface area contributed by atoms with Crippen LogP contribution in [0.15, 0.2) is 0 Å². The minimum atomic E-state index is 0.0174. The fourth-order valence-corrected chi connectivity index (χ4v) is 1.68. The molecule has 1 rings (SSSR count). The van der Waals surface area contributed by atoms with E-state index in [0.717, 1.165) is 31.7 Å². The van der Waals surface area contributed by atoms with Crippen LogP contribution in [-0.4, -0.2) is 30.0 Å². The Kier molecular flexibility index (Phi) is 2.38. The first-order valence-corrected chi connectivity index (χ1v) is 4.08. The van der Waals surface area contributed by atoms with E-state index in [-0.39, 0.29) is 4.65 Å². The molecule has 9 heavy (non-hydrogen) atoms. The van der Waals surface area contributed by atoms with Crippen LogP contribution in [-0.2, 0) is 0 Å². The molecule has 1 fully saturated rings. The Labute approximate surface area is 61.4 Å². The molecular formula is C6H13NOS. The van der Waals surface area contributed by atoms with Gasteiger partial charge in [0.25, 0.3) is 0 Å². The zero-order valence-corrected chi connectivity index (χ0v) is 6.44. The fourth-order valence-electron chi connectivity index (χ4n) is 1.32. The van der Waals surface area contributed by atoms with E-state index in [4.69, 9.17) is 0 Å². The minimum Gasteiger partial charge on any atom is -0.633 e. The summed E-state index contributed by atoms with van der Waals surface area (Å²) in [5, 5.41) is 11.4. The van der Waals surface area contributed by atoms with E-state index in [0.29, 0.717) is 6.54 Å². The quantitative estimate of drug-likeness (QED) is 0.352. The Balaban J connectivity index is 2.32. The molecule has 0 atom stereocenters. The maximum absolute atomic E-state index is 11.4. The second-order valence-electron chi connectivity index (χ2n) is 2.66. The first-order chi connectivity index (χ1) is 4.27. The van der Waals surface area contributed by atoms with Crippen LogP contribution in [0.2, 0.25) is 0 Å². The summed E-state index contributed by atoms with van der Waals surface area (Å²) in [5.74, 6) is 0.726. The Morgan fingerprint density at radius 3 is 2.33 bits per heavy atom. The van der Waals surface area contributed by atoms with Crippen molar-refractivity contribution in [1.82, 2.24) is 0 Å². The van der Waals surface area contributed by atoms with E-state index in [1.54, 1.807) is 0 Å². The van der Waals surface area contributed by atoms with Crippen molar-refractivity contribution in [2.45, 2.75) is 12.8 Å². The molecule has 0 N–H and O–H groups in total. The van der Waals surface area contributed by atoms with E-state index >= 15 is 0 Å². The Bertz CT molecular complexity index is 91.1. The number of hydrogen-bond donors (Lipinski definition) is 1. The van der Waals surface area contributed by atoms with Gasteiger partial charge in [0.05, 0.1) is 19.6 Å². The standard InChI is InChI=1S/C6H13NOS/c8-7(5-6-9)3-1-2-4-7/h9H,1-6H2.